The molecule has 18 heavy (non-hydrogen) atoms. The molecule has 0 amide bonds. The summed E-state index contributed by atoms with van der Waals surface area (Å²) in [6.45, 7) is 5.46. The molecule has 1 aromatic heterocycles. The second kappa shape index (κ2) is 4.53. The third-order valence-corrected chi connectivity index (χ3v) is 3.34. The highest BCUT2D eigenvalue weighted by molar-refractivity contribution is 5.37. The number of benzene rings is 1. The second-order valence-corrected chi connectivity index (χ2v) is 4.62. The van der Waals surface area contributed by atoms with E-state index in [1.54, 1.807) is 23.7 Å². The fourth-order valence-corrected chi connectivity index (χ4v) is 2.19. The number of aromatic nitrogens is 2. The Kier molecular flexibility index (Phi) is 3.22. The Bertz CT molecular complexity index is 590. The normalized spacial score (nSPS) is 12.8. The van der Waals surface area contributed by atoms with Gasteiger partial charge in [0, 0.05) is 18.3 Å². The van der Waals surface area contributed by atoms with Gasteiger partial charge in [-0.2, -0.15) is 5.10 Å². The van der Waals surface area contributed by atoms with Crippen molar-refractivity contribution in [3.8, 4) is 0 Å². The van der Waals surface area contributed by atoms with Gasteiger partial charge in [-0.25, -0.2) is 4.39 Å². The molecule has 0 bridgehead atoms. The zero-order valence-electron chi connectivity index (χ0n) is 11.0. The van der Waals surface area contributed by atoms with Crippen LogP contribution in [-0.4, -0.2) is 14.9 Å². The summed E-state index contributed by atoms with van der Waals surface area (Å²) in [5, 5.41) is 14.7. The molecule has 0 spiro atoms. The molecule has 0 radical (unpaired) electrons. The van der Waals surface area contributed by atoms with E-state index in [0.29, 0.717) is 11.1 Å². The minimum atomic E-state index is -0.766. The lowest BCUT2D eigenvalue weighted by atomic mass is 9.98. The first-order valence-electron chi connectivity index (χ1n) is 5.86. The lowest BCUT2D eigenvalue weighted by Crippen LogP contribution is -2.04. The highest BCUT2D eigenvalue weighted by Gasteiger charge is 2.20. The van der Waals surface area contributed by atoms with Gasteiger partial charge in [-0.3, -0.25) is 4.68 Å². The Morgan fingerprint density at radius 1 is 1.28 bits per heavy atom. The number of hydrogen-bond donors (Lipinski definition) is 1. The Morgan fingerprint density at radius 3 is 2.44 bits per heavy atom. The second-order valence-electron chi connectivity index (χ2n) is 4.62. The molecule has 1 atom stereocenters. The number of aliphatic hydroxyl groups is 1. The molecule has 1 N–H and O–H groups in total. The van der Waals surface area contributed by atoms with Crippen LogP contribution in [-0.2, 0) is 7.05 Å². The summed E-state index contributed by atoms with van der Waals surface area (Å²) in [4.78, 5) is 0. The summed E-state index contributed by atoms with van der Waals surface area (Å²) in [7, 11) is 1.84. The van der Waals surface area contributed by atoms with E-state index in [0.717, 1.165) is 17.0 Å². The predicted octanol–water partition coefficient (Wildman–Crippen LogP) is 2.57. The van der Waals surface area contributed by atoms with Crippen molar-refractivity contribution >= 4 is 0 Å². The summed E-state index contributed by atoms with van der Waals surface area (Å²) in [6.07, 6.45) is -0.766. The van der Waals surface area contributed by atoms with Gasteiger partial charge in [-0.05, 0) is 38.0 Å². The van der Waals surface area contributed by atoms with Crippen LogP contribution in [0.4, 0.5) is 4.39 Å². The van der Waals surface area contributed by atoms with Crippen LogP contribution in [0.15, 0.2) is 18.2 Å². The van der Waals surface area contributed by atoms with Crippen molar-refractivity contribution in [1.82, 2.24) is 9.78 Å². The monoisotopic (exact) mass is 248 g/mol. The van der Waals surface area contributed by atoms with E-state index in [-0.39, 0.29) is 5.82 Å². The Hall–Kier alpha value is -1.68. The quantitative estimate of drug-likeness (QED) is 0.887. The van der Waals surface area contributed by atoms with Crippen LogP contribution in [0.1, 0.15) is 34.2 Å². The van der Waals surface area contributed by atoms with Gasteiger partial charge in [-0.1, -0.05) is 12.1 Å². The lowest BCUT2D eigenvalue weighted by Gasteiger charge is -2.13. The number of aliphatic hydroxyl groups excluding tert-OH is 1. The number of hydrogen-bond acceptors (Lipinski definition) is 2. The summed E-state index contributed by atoms with van der Waals surface area (Å²) < 4.78 is 15.0. The van der Waals surface area contributed by atoms with Crippen LogP contribution < -0.4 is 0 Å². The molecule has 0 fully saturated rings. The number of aryl methyl sites for hydroxylation is 3. The maximum atomic E-state index is 13.2. The van der Waals surface area contributed by atoms with Crippen molar-refractivity contribution in [2.24, 2.45) is 7.05 Å². The van der Waals surface area contributed by atoms with Crippen molar-refractivity contribution in [3.63, 3.8) is 0 Å². The summed E-state index contributed by atoms with van der Waals surface area (Å²) in [5.74, 6) is -0.259. The first-order chi connectivity index (χ1) is 8.41. The van der Waals surface area contributed by atoms with Gasteiger partial charge in [0.15, 0.2) is 0 Å². The molecule has 3 nitrogen and oxygen atoms in total. The SMILES string of the molecule is Cc1cc(C(O)c2c(C)nn(C)c2C)ccc1F. The van der Waals surface area contributed by atoms with E-state index < -0.39 is 6.10 Å². The van der Waals surface area contributed by atoms with Crippen molar-refractivity contribution in [2.45, 2.75) is 26.9 Å². The summed E-state index contributed by atoms with van der Waals surface area (Å²) in [6, 6.07) is 4.67. The van der Waals surface area contributed by atoms with Gasteiger partial charge in [-0.15, -0.1) is 0 Å². The van der Waals surface area contributed by atoms with E-state index >= 15 is 0 Å². The maximum absolute atomic E-state index is 13.2. The zero-order chi connectivity index (χ0) is 13.4. The molecule has 0 aliphatic rings. The van der Waals surface area contributed by atoms with Crippen LogP contribution in [0, 0.1) is 26.6 Å². The van der Waals surface area contributed by atoms with Crippen LogP contribution in [0.5, 0.6) is 0 Å². The van der Waals surface area contributed by atoms with Crippen LogP contribution in [0.2, 0.25) is 0 Å². The molecule has 0 aliphatic carbocycles. The van der Waals surface area contributed by atoms with Crippen LogP contribution in [0.25, 0.3) is 0 Å². The smallest absolute Gasteiger partial charge is 0.126 e. The molecule has 2 rings (SSSR count). The van der Waals surface area contributed by atoms with E-state index in [2.05, 4.69) is 5.10 Å². The molecule has 4 heteroatoms. The minimum absolute atomic E-state index is 0.259. The fraction of sp³-hybridized carbons (Fsp3) is 0.357. The molecule has 0 aliphatic heterocycles. The summed E-state index contributed by atoms with van der Waals surface area (Å²) in [5.41, 5.74) is 3.73. The van der Waals surface area contributed by atoms with Crippen LogP contribution in [0.3, 0.4) is 0 Å². The molecule has 2 aromatic rings. The largest absolute Gasteiger partial charge is 0.384 e. The third kappa shape index (κ3) is 2.04. The molecule has 1 aromatic carbocycles. The van der Waals surface area contributed by atoms with Gasteiger partial charge in [0.1, 0.15) is 11.9 Å². The van der Waals surface area contributed by atoms with Crippen molar-refractivity contribution in [2.75, 3.05) is 0 Å². The van der Waals surface area contributed by atoms with Gasteiger partial charge >= 0.3 is 0 Å². The van der Waals surface area contributed by atoms with Crippen molar-refractivity contribution in [3.05, 3.63) is 52.1 Å². The Balaban J connectivity index is 2.47. The van der Waals surface area contributed by atoms with Gasteiger partial charge in [0.25, 0.3) is 0 Å². The fourth-order valence-electron chi connectivity index (χ4n) is 2.19. The Labute approximate surface area is 106 Å². The average molecular weight is 248 g/mol. The molecular weight excluding hydrogens is 231 g/mol. The first kappa shape index (κ1) is 12.8. The topological polar surface area (TPSA) is 38.1 Å². The van der Waals surface area contributed by atoms with Gasteiger partial charge in [0.05, 0.1) is 5.69 Å². The van der Waals surface area contributed by atoms with E-state index in [1.807, 2.05) is 20.9 Å². The van der Waals surface area contributed by atoms with Crippen molar-refractivity contribution in [1.29, 1.82) is 0 Å². The molecule has 1 unspecified atom stereocenters. The molecule has 0 saturated carbocycles. The average Bonchev–Trinajstić information content (AvgIpc) is 2.56. The molecule has 0 saturated heterocycles. The molecule has 96 valence electrons. The van der Waals surface area contributed by atoms with Crippen LogP contribution >= 0.6 is 0 Å². The van der Waals surface area contributed by atoms with Gasteiger partial charge < -0.3 is 5.11 Å². The first-order valence-corrected chi connectivity index (χ1v) is 5.86. The van der Waals surface area contributed by atoms with Gasteiger partial charge in [0.2, 0.25) is 0 Å². The Morgan fingerprint density at radius 2 is 1.94 bits per heavy atom. The third-order valence-electron chi connectivity index (χ3n) is 3.34. The van der Waals surface area contributed by atoms with E-state index in [1.165, 1.54) is 6.07 Å². The number of rotatable bonds is 2. The minimum Gasteiger partial charge on any atom is -0.384 e. The lowest BCUT2D eigenvalue weighted by molar-refractivity contribution is 0.218. The number of halogens is 1. The molecular formula is C14H17FN2O. The highest BCUT2D eigenvalue weighted by atomic mass is 19.1. The standard InChI is InChI=1S/C14H17FN2O/c1-8-7-11(5-6-12(8)15)14(18)13-9(2)16-17(4)10(13)3/h5-7,14,18H,1-4H3. The summed E-state index contributed by atoms with van der Waals surface area (Å²) >= 11 is 0. The highest BCUT2D eigenvalue weighted by Crippen LogP contribution is 2.28. The predicted molar refractivity (Wildman–Crippen MR) is 67.9 cm³/mol. The van der Waals surface area contributed by atoms with Crippen molar-refractivity contribution < 1.29 is 9.50 Å². The molecule has 1 heterocycles. The number of nitrogens with zero attached hydrogens (tertiary/aromatic N) is 2. The maximum Gasteiger partial charge on any atom is 0.126 e. The zero-order valence-corrected chi connectivity index (χ0v) is 11.0. The van der Waals surface area contributed by atoms with E-state index in [4.69, 9.17) is 0 Å². The van der Waals surface area contributed by atoms with E-state index in [9.17, 15) is 9.50 Å².